The lowest BCUT2D eigenvalue weighted by Crippen LogP contribution is -2.33. The average Bonchev–Trinajstić information content (AvgIpc) is 3.36. The molecule has 0 saturated heterocycles. The van der Waals surface area contributed by atoms with Crippen LogP contribution >= 0.6 is 0 Å². The van der Waals surface area contributed by atoms with E-state index in [2.05, 4.69) is 0 Å². The molecule has 0 amide bonds. The molecule has 3 aromatic carbocycles. The molecule has 0 unspecified atom stereocenters. The fourth-order valence-electron chi connectivity index (χ4n) is 4.32. The van der Waals surface area contributed by atoms with E-state index in [1.807, 2.05) is 19.1 Å². The average molecular weight is 439 g/mol. The number of methoxy groups -OCH3 is 1. The number of rotatable bonds is 4. The van der Waals surface area contributed by atoms with Gasteiger partial charge in [0.2, 0.25) is 6.79 Å². The Bertz CT molecular complexity index is 1260. The van der Waals surface area contributed by atoms with E-state index in [4.69, 9.17) is 14.2 Å². The summed E-state index contributed by atoms with van der Waals surface area (Å²) in [5.74, 6) is 1.16. The smallest absolute Gasteiger partial charge is 0.264 e. The van der Waals surface area contributed by atoms with Crippen molar-refractivity contribution in [3.8, 4) is 23.0 Å². The van der Waals surface area contributed by atoms with Crippen LogP contribution in [-0.4, -0.2) is 27.4 Å². The van der Waals surface area contributed by atoms with E-state index < -0.39 is 16.1 Å². The molecular weight excluding hydrogens is 418 g/mol. The third-order valence-electron chi connectivity index (χ3n) is 5.82. The van der Waals surface area contributed by atoms with Crippen LogP contribution in [0.15, 0.2) is 65.6 Å². The lowest BCUT2D eigenvalue weighted by Gasteiger charge is -2.29. The van der Waals surface area contributed by atoms with Gasteiger partial charge in [0.15, 0.2) is 23.0 Å². The van der Waals surface area contributed by atoms with Gasteiger partial charge in [-0.3, -0.25) is 4.31 Å². The minimum atomic E-state index is -3.91. The number of ether oxygens (including phenoxy) is 3. The van der Waals surface area contributed by atoms with E-state index in [0.717, 1.165) is 11.1 Å². The van der Waals surface area contributed by atoms with Crippen molar-refractivity contribution in [2.45, 2.75) is 23.8 Å². The van der Waals surface area contributed by atoms with Crippen LogP contribution in [0, 0.1) is 0 Å². The number of hydrogen-bond acceptors (Lipinski definition) is 6. The Kier molecular flexibility index (Phi) is 4.48. The fraction of sp³-hybridized carbons (Fsp3) is 0.217. The Morgan fingerprint density at radius 3 is 2.52 bits per heavy atom. The van der Waals surface area contributed by atoms with E-state index in [1.54, 1.807) is 48.5 Å². The van der Waals surface area contributed by atoms with Crippen LogP contribution in [0.2, 0.25) is 0 Å². The van der Waals surface area contributed by atoms with Crippen molar-refractivity contribution in [3.63, 3.8) is 0 Å². The topological polar surface area (TPSA) is 85.3 Å². The maximum absolute atomic E-state index is 13.8. The van der Waals surface area contributed by atoms with Gasteiger partial charge >= 0.3 is 0 Å². The molecule has 160 valence electrons. The third-order valence-corrected chi connectivity index (χ3v) is 7.63. The zero-order valence-electron chi connectivity index (χ0n) is 17.0. The van der Waals surface area contributed by atoms with Gasteiger partial charge in [0.25, 0.3) is 10.0 Å². The highest BCUT2D eigenvalue weighted by molar-refractivity contribution is 7.92. The summed E-state index contributed by atoms with van der Waals surface area (Å²) < 4.78 is 45.2. The predicted octanol–water partition coefficient (Wildman–Crippen LogP) is 4.18. The highest BCUT2D eigenvalue weighted by Crippen LogP contribution is 2.54. The second-order valence-electron chi connectivity index (χ2n) is 7.54. The molecule has 5 rings (SSSR count). The molecule has 7 nitrogen and oxygen atoms in total. The molecule has 2 atom stereocenters. The third kappa shape index (κ3) is 2.97. The number of sulfonamides is 1. The lowest BCUT2D eigenvalue weighted by molar-refractivity contribution is 0.174. The lowest BCUT2D eigenvalue weighted by atomic mass is 9.92. The maximum Gasteiger partial charge on any atom is 0.264 e. The van der Waals surface area contributed by atoms with Gasteiger partial charge in [0, 0.05) is 12.0 Å². The van der Waals surface area contributed by atoms with Gasteiger partial charge in [-0.2, -0.15) is 0 Å². The first kappa shape index (κ1) is 19.6. The van der Waals surface area contributed by atoms with Gasteiger partial charge in [-0.05, 0) is 41.5 Å². The van der Waals surface area contributed by atoms with Gasteiger partial charge in [-0.25, -0.2) is 8.42 Å². The summed E-state index contributed by atoms with van der Waals surface area (Å²) in [6.07, 6.45) is 0. The van der Waals surface area contributed by atoms with E-state index in [0.29, 0.717) is 17.2 Å². The van der Waals surface area contributed by atoms with E-state index in [1.165, 1.54) is 11.4 Å². The summed E-state index contributed by atoms with van der Waals surface area (Å²) in [5, 5.41) is 10.4. The highest BCUT2D eigenvalue weighted by atomic mass is 32.2. The molecule has 1 N–H and O–H groups in total. The number of anilines is 1. The van der Waals surface area contributed by atoms with Gasteiger partial charge in [-0.15, -0.1) is 0 Å². The standard InChI is InChI=1S/C23H21NO6S/c1-14-17-11-19(25)21(28-2)12-18(17)24(31(26,27)16-6-4-3-5-7-16)23(14)15-8-9-20-22(10-15)30-13-29-20/h3-12,14,23,25H,13H2,1-2H3/t14-,23-/m0/s1. The molecule has 0 spiro atoms. The van der Waals surface area contributed by atoms with Crippen molar-refractivity contribution in [1.29, 1.82) is 0 Å². The quantitative estimate of drug-likeness (QED) is 0.656. The summed E-state index contributed by atoms with van der Waals surface area (Å²) in [6.45, 7) is 2.08. The number of aromatic hydroxyl groups is 1. The van der Waals surface area contributed by atoms with Crippen LogP contribution in [0.3, 0.4) is 0 Å². The van der Waals surface area contributed by atoms with Gasteiger partial charge < -0.3 is 19.3 Å². The number of benzene rings is 3. The monoisotopic (exact) mass is 439 g/mol. The Morgan fingerprint density at radius 2 is 1.77 bits per heavy atom. The molecule has 0 aliphatic carbocycles. The van der Waals surface area contributed by atoms with Crippen molar-refractivity contribution in [2.24, 2.45) is 0 Å². The molecule has 0 saturated carbocycles. The predicted molar refractivity (Wildman–Crippen MR) is 114 cm³/mol. The number of hydrogen-bond donors (Lipinski definition) is 1. The Hall–Kier alpha value is -3.39. The summed E-state index contributed by atoms with van der Waals surface area (Å²) in [4.78, 5) is 0.188. The SMILES string of the molecule is COc1cc2c(cc1O)[C@H](C)[C@@H](c1ccc3c(c1)OCO3)N2S(=O)(=O)c1ccccc1. The Balaban J connectivity index is 1.73. The van der Waals surface area contributed by atoms with Crippen molar-refractivity contribution in [3.05, 3.63) is 71.8 Å². The summed E-state index contributed by atoms with van der Waals surface area (Å²) in [7, 11) is -2.47. The van der Waals surface area contributed by atoms with Gasteiger partial charge in [0.1, 0.15) is 0 Å². The molecule has 0 aromatic heterocycles. The second kappa shape index (κ2) is 7.09. The number of nitrogens with zero attached hydrogens (tertiary/aromatic N) is 1. The van der Waals surface area contributed by atoms with Crippen molar-refractivity contribution >= 4 is 15.7 Å². The van der Waals surface area contributed by atoms with Crippen LogP contribution in [0.4, 0.5) is 5.69 Å². The zero-order chi connectivity index (χ0) is 21.8. The first-order valence-electron chi connectivity index (χ1n) is 9.81. The summed E-state index contributed by atoms with van der Waals surface area (Å²) in [6, 6.07) is 16.4. The largest absolute Gasteiger partial charge is 0.504 e. The minimum absolute atomic E-state index is 0.0310. The van der Waals surface area contributed by atoms with Crippen LogP contribution in [0.1, 0.15) is 30.0 Å². The fourth-order valence-corrected chi connectivity index (χ4v) is 6.07. The van der Waals surface area contributed by atoms with Crippen LogP contribution < -0.4 is 18.5 Å². The maximum atomic E-state index is 13.8. The van der Waals surface area contributed by atoms with Gasteiger partial charge in [-0.1, -0.05) is 31.2 Å². The van der Waals surface area contributed by atoms with Gasteiger partial charge in [0.05, 0.1) is 23.7 Å². The van der Waals surface area contributed by atoms with E-state index >= 15 is 0 Å². The number of phenolic OH excluding ortho intramolecular Hbond substituents is 1. The molecule has 0 radical (unpaired) electrons. The molecule has 2 aliphatic heterocycles. The van der Waals surface area contributed by atoms with Crippen LogP contribution in [-0.2, 0) is 10.0 Å². The van der Waals surface area contributed by atoms with E-state index in [9.17, 15) is 13.5 Å². The van der Waals surface area contributed by atoms with Crippen LogP contribution in [0.5, 0.6) is 23.0 Å². The molecule has 0 fully saturated rings. The van der Waals surface area contributed by atoms with E-state index in [-0.39, 0.29) is 29.1 Å². The van der Waals surface area contributed by atoms with Crippen molar-refractivity contribution in [2.75, 3.05) is 18.2 Å². The number of phenols is 1. The molecule has 31 heavy (non-hydrogen) atoms. The highest BCUT2D eigenvalue weighted by Gasteiger charge is 2.45. The molecule has 2 heterocycles. The molecule has 8 heteroatoms. The summed E-state index contributed by atoms with van der Waals surface area (Å²) in [5.41, 5.74) is 1.97. The molecule has 3 aromatic rings. The summed E-state index contributed by atoms with van der Waals surface area (Å²) >= 11 is 0. The first-order valence-corrected chi connectivity index (χ1v) is 11.3. The Labute approximate surface area is 180 Å². The molecule has 0 bridgehead atoms. The molecular formula is C23H21NO6S. The van der Waals surface area contributed by atoms with Crippen molar-refractivity contribution < 1.29 is 27.7 Å². The minimum Gasteiger partial charge on any atom is -0.504 e. The zero-order valence-corrected chi connectivity index (χ0v) is 17.8. The first-order chi connectivity index (χ1) is 14.9. The Morgan fingerprint density at radius 1 is 1.03 bits per heavy atom. The second-order valence-corrected chi connectivity index (χ2v) is 9.36. The molecule has 2 aliphatic rings. The van der Waals surface area contributed by atoms with Crippen molar-refractivity contribution in [1.82, 2.24) is 0 Å². The normalized spacial score (nSPS) is 19.4. The van der Waals surface area contributed by atoms with Crippen LogP contribution in [0.25, 0.3) is 0 Å². The number of fused-ring (bicyclic) bond motifs is 2.